The van der Waals surface area contributed by atoms with Gasteiger partial charge in [0.05, 0.1) is 19.3 Å². The molecule has 1 aliphatic rings. The number of benzene rings is 1. The third-order valence-corrected chi connectivity index (χ3v) is 5.98. The second-order valence-electron chi connectivity index (χ2n) is 8.31. The van der Waals surface area contributed by atoms with E-state index in [1.165, 1.54) is 12.7 Å². The Balaban J connectivity index is 1.71. The van der Waals surface area contributed by atoms with Crippen LogP contribution in [0.3, 0.4) is 0 Å². The van der Waals surface area contributed by atoms with E-state index in [9.17, 15) is 14.7 Å². The third kappa shape index (κ3) is 8.31. The molecule has 1 saturated heterocycles. The van der Waals surface area contributed by atoms with Crippen molar-refractivity contribution in [3.63, 3.8) is 0 Å². The van der Waals surface area contributed by atoms with Crippen molar-refractivity contribution in [1.82, 2.24) is 4.90 Å². The van der Waals surface area contributed by atoms with E-state index in [-0.39, 0.29) is 23.8 Å². The van der Waals surface area contributed by atoms with E-state index in [4.69, 9.17) is 0 Å². The maximum Gasteiger partial charge on any atom is 0.305 e. The summed E-state index contributed by atoms with van der Waals surface area (Å²) in [4.78, 5) is 25.3. The van der Waals surface area contributed by atoms with E-state index in [0.717, 1.165) is 51.5 Å². The van der Waals surface area contributed by atoms with Crippen LogP contribution in [-0.2, 0) is 20.7 Å². The summed E-state index contributed by atoms with van der Waals surface area (Å²) < 4.78 is 4.65. The Hall–Kier alpha value is -2.14. The van der Waals surface area contributed by atoms with Gasteiger partial charge in [0, 0.05) is 19.4 Å². The number of methoxy groups -OCH3 is 1. The molecule has 1 N–H and O–H groups in total. The van der Waals surface area contributed by atoms with Crippen LogP contribution in [0.15, 0.2) is 42.5 Å². The van der Waals surface area contributed by atoms with Crippen LogP contribution in [0.1, 0.15) is 63.9 Å². The first-order valence-electron chi connectivity index (χ1n) is 11.3. The monoisotopic (exact) mass is 415 g/mol. The lowest BCUT2D eigenvalue weighted by molar-refractivity contribution is -0.140. The second-order valence-corrected chi connectivity index (χ2v) is 8.31. The van der Waals surface area contributed by atoms with Gasteiger partial charge in [0.2, 0.25) is 5.91 Å². The van der Waals surface area contributed by atoms with Gasteiger partial charge < -0.3 is 14.7 Å². The molecule has 1 fully saturated rings. The van der Waals surface area contributed by atoms with E-state index in [2.05, 4.69) is 23.8 Å². The van der Waals surface area contributed by atoms with Crippen LogP contribution in [0.2, 0.25) is 0 Å². The summed E-state index contributed by atoms with van der Waals surface area (Å²) in [5.41, 5.74) is 1.29. The largest absolute Gasteiger partial charge is 0.469 e. The highest BCUT2D eigenvalue weighted by molar-refractivity contribution is 5.79. The van der Waals surface area contributed by atoms with Crippen LogP contribution in [0.5, 0.6) is 0 Å². The summed E-state index contributed by atoms with van der Waals surface area (Å²) in [6.07, 6.45) is 10.9. The predicted molar refractivity (Wildman–Crippen MR) is 119 cm³/mol. The number of aliphatic hydroxyl groups is 1. The lowest BCUT2D eigenvalue weighted by atomic mass is 9.95. The molecule has 1 aromatic rings. The normalized spacial score (nSPS) is 18.7. The fourth-order valence-corrected chi connectivity index (χ4v) is 3.90. The third-order valence-electron chi connectivity index (χ3n) is 5.98. The second kappa shape index (κ2) is 13.2. The molecule has 5 heteroatoms. The number of aryl methyl sites for hydroxylation is 1. The van der Waals surface area contributed by atoms with Gasteiger partial charge >= 0.3 is 5.97 Å². The van der Waals surface area contributed by atoms with E-state index in [1.807, 2.05) is 35.3 Å². The van der Waals surface area contributed by atoms with Gasteiger partial charge in [0.15, 0.2) is 0 Å². The van der Waals surface area contributed by atoms with Crippen LogP contribution in [0.4, 0.5) is 0 Å². The molecule has 166 valence electrons. The van der Waals surface area contributed by atoms with Gasteiger partial charge in [-0.15, -0.1) is 0 Å². The number of likely N-dealkylation sites (tertiary alicyclic amines) is 1. The minimum atomic E-state index is -0.496. The highest BCUT2D eigenvalue weighted by Gasteiger charge is 2.28. The molecule has 0 aromatic heterocycles. The number of rotatable bonds is 13. The molecule has 1 amide bonds. The molecule has 1 aromatic carbocycles. The first-order valence-corrected chi connectivity index (χ1v) is 11.3. The van der Waals surface area contributed by atoms with E-state index >= 15 is 0 Å². The Kier molecular flexibility index (Phi) is 10.6. The van der Waals surface area contributed by atoms with Crippen LogP contribution in [0.25, 0.3) is 0 Å². The zero-order chi connectivity index (χ0) is 21.8. The van der Waals surface area contributed by atoms with Crippen molar-refractivity contribution in [3.8, 4) is 0 Å². The van der Waals surface area contributed by atoms with Gasteiger partial charge in [-0.2, -0.15) is 0 Å². The SMILES string of the molecule is COC(=O)CCCCCCN1C(=O)CC[C@@H]1C=C[C@H](O)[C@@H](C)CCc1ccccc1. The number of ether oxygens (including phenoxy) is 1. The number of nitrogens with zero attached hydrogens (tertiary/aromatic N) is 1. The van der Waals surface area contributed by atoms with Gasteiger partial charge in [0.25, 0.3) is 0 Å². The number of amides is 1. The summed E-state index contributed by atoms with van der Waals surface area (Å²) in [6, 6.07) is 10.4. The molecule has 0 spiro atoms. The topological polar surface area (TPSA) is 66.8 Å². The molecule has 0 radical (unpaired) electrons. The van der Waals surface area contributed by atoms with Crippen LogP contribution in [0, 0.1) is 5.92 Å². The van der Waals surface area contributed by atoms with E-state index in [1.54, 1.807) is 0 Å². The van der Waals surface area contributed by atoms with Crippen molar-refractivity contribution in [1.29, 1.82) is 0 Å². The van der Waals surface area contributed by atoms with Crippen molar-refractivity contribution >= 4 is 11.9 Å². The highest BCUT2D eigenvalue weighted by atomic mass is 16.5. The Labute approximate surface area is 181 Å². The average molecular weight is 416 g/mol. The van der Waals surface area contributed by atoms with E-state index in [0.29, 0.717) is 12.8 Å². The minimum absolute atomic E-state index is 0.0866. The Bertz CT molecular complexity index is 673. The minimum Gasteiger partial charge on any atom is -0.469 e. The Morgan fingerprint density at radius 2 is 1.97 bits per heavy atom. The molecule has 0 aliphatic carbocycles. The fourth-order valence-electron chi connectivity index (χ4n) is 3.90. The quantitative estimate of drug-likeness (QED) is 0.297. The Morgan fingerprint density at radius 1 is 1.23 bits per heavy atom. The number of esters is 1. The molecular formula is C25H37NO4. The van der Waals surface area contributed by atoms with Gasteiger partial charge in [-0.1, -0.05) is 62.2 Å². The first kappa shape index (κ1) is 24.1. The zero-order valence-corrected chi connectivity index (χ0v) is 18.5. The van der Waals surface area contributed by atoms with Crippen molar-refractivity contribution in [2.45, 2.75) is 76.9 Å². The number of hydrogen-bond acceptors (Lipinski definition) is 4. The van der Waals surface area contributed by atoms with Gasteiger partial charge in [-0.05, 0) is 43.6 Å². The maximum atomic E-state index is 12.2. The number of carbonyl (C=O) groups excluding carboxylic acids is 2. The number of aliphatic hydroxyl groups excluding tert-OH is 1. The van der Waals surface area contributed by atoms with Crippen LogP contribution in [-0.4, -0.2) is 47.7 Å². The summed E-state index contributed by atoms with van der Waals surface area (Å²) in [5.74, 6) is 0.208. The lowest BCUT2D eigenvalue weighted by Gasteiger charge is -2.23. The summed E-state index contributed by atoms with van der Waals surface area (Å²) in [7, 11) is 1.41. The molecular weight excluding hydrogens is 378 g/mol. The smallest absolute Gasteiger partial charge is 0.305 e. The first-order chi connectivity index (χ1) is 14.5. The number of hydrogen-bond donors (Lipinski definition) is 1. The molecule has 2 rings (SSSR count). The molecule has 1 heterocycles. The van der Waals surface area contributed by atoms with Crippen LogP contribution >= 0.6 is 0 Å². The zero-order valence-electron chi connectivity index (χ0n) is 18.5. The number of unbranched alkanes of at least 4 members (excludes halogenated alkanes) is 3. The molecule has 0 unspecified atom stereocenters. The van der Waals surface area contributed by atoms with Crippen LogP contribution < -0.4 is 0 Å². The standard InChI is InChI=1S/C25H37NO4/c1-20(13-14-21-10-6-5-7-11-21)23(27)17-15-22-16-18-24(28)26(22)19-9-4-3-8-12-25(29)30-2/h5-7,10-11,15,17,20,22-23,27H,3-4,8-9,12-14,16,18-19H2,1-2H3/t20-,22-,23-/m0/s1. The summed E-state index contributed by atoms with van der Waals surface area (Å²) in [5, 5.41) is 10.5. The van der Waals surface area contributed by atoms with Crippen molar-refractivity contribution in [2.75, 3.05) is 13.7 Å². The molecule has 0 bridgehead atoms. The van der Waals surface area contributed by atoms with Crippen molar-refractivity contribution in [2.24, 2.45) is 5.92 Å². The van der Waals surface area contributed by atoms with E-state index < -0.39 is 6.10 Å². The molecule has 0 saturated carbocycles. The number of carbonyl (C=O) groups is 2. The maximum absolute atomic E-state index is 12.2. The Morgan fingerprint density at radius 3 is 2.70 bits per heavy atom. The van der Waals surface area contributed by atoms with Gasteiger partial charge in [-0.3, -0.25) is 9.59 Å². The molecule has 5 nitrogen and oxygen atoms in total. The predicted octanol–water partition coefficient (Wildman–Crippen LogP) is 4.29. The fraction of sp³-hybridized carbons (Fsp3) is 0.600. The molecule has 1 aliphatic heterocycles. The van der Waals surface area contributed by atoms with Gasteiger partial charge in [-0.25, -0.2) is 0 Å². The average Bonchev–Trinajstić information content (AvgIpc) is 3.12. The van der Waals surface area contributed by atoms with Gasteiger partial charge in [0.1, 0.15) is 0 Å². The van der Waals surface area contributed by atoms with Crippen molar-refractivity contribution in [3.05, 3.63) is 48.0 Å². The molecule has 30 heavy (non-hydrogen) atoms. The molecule has 3 atom stereocenters. The summed E-state index contributed by atoms with van der Waals surface area (Å²) >= 11 is 0. The highest BCUT2D eigenvalue weighted by Crippen LogP contribution is 2.22. The van der Waals surface area contributed by atoms with Crippen molar-refractivity contribution < 1.29 is 19.4 Å². The summed E-state index contributed by atoms with van der Waals surface area (Å²) in [6.45, 7) is 2.82. The lowest BCUT2D eigenvalue weighted by Crippen LogP contribution is -2.33.